The number of hydrogen-bond donors (Lipinski definition) is 10. The van der Waals surface area contributed by atoms with E-state index in [4.69, 9.17) is 38.9 Å². The van der Waals surface area contributed by atoms with E-state index < -0.39 is 132 Å². The van der Waals surface area contributed by atoms with Gasteiger partial charge in [-0.2, -0.15) is 0 Å². The molecule has 2 fully saturated rings. The van der Waals surface area contributed by atoms with Gasteiger partial charge < -0.3 is 90.8 Å². The average Bonchev–Trinajstić information content (AvgIpc) is 3.17. The number of aliphatic hydroxyl groups is 4. The molecule has 12 atom stereocenters. The first kappa shape index (κ1) is 60.1. The molecular weight excluding hydrogens is 919 g/mol. The van der Waals surface area contributed by atoms with Crippen molar-refractivity contribution < 1.29 is 77.6 Å². The van der Waals surface area contributed by atoms with Gasteiger partial charge in [-0.25, -0.2) is 19.2 Å². The van der Waals surface area contributed by atoms with Crippen molar-refractivity contribution in [3.05, 3.63) is 11.8 Å². The maximum Gasteiger partial charge on any atom is 0.410 e. The highest BCUT2D eigenvalue weighted by Crippen LogP contribution is 2.39. The van der Waals surface area contributed by atoms with E-state index in [1.165, 1.54) is 14.0 Å². The van der Waals surface area contributed by atoms with Crippen LogP contribution >= 0.6 is 0 Å². The number of amides is 5. The number of ether oxygens (including phenoxy) is 7. The van der Waals surface area contributed by atoms with Crippen LogP contribution in [0.2, 0.25) is 0 Å². The molecule has 23 nitrogen and oxygen atoms in total. The Morgan fingerprint density at radius 3 is 1.91 bits per heavy atom. The summed E-state index contributed by atoms with van der Waals surface area (Å²) in [5.74, 6) is -1.70. The topological polar surface area (TPSA) is 320 Å². The van der Waals surface area contributed by atoms with E-state index in [0.717, 1.165) is 17.7 Å². The zero-order valence-corrected chi connectivity index (χ0v) is 43.7. The lowest BCUT2D eigenvalue weighted by molar-refractivity contribution is -0.305. The number of hydrogen-bond acceptors (Lipinski definition) is 18. The molecule has 5 amide bonds. The lowest BCUT2D eigenvalue weighted by Gasteiger charge is -2.52. The zero-order chi connectivity index (χ0) is 53.2. The van der Waals surface area contributed by atoms with Gasteiger partial charge in [0, 0.05) is 25.6 Å². The first-order valence-electron chi connectivity index (χ1n) is 24.1. The Morgan fingerprint density at radius 2 is 1.36 bits per heavy atom. The predicted octanol–water partition coefficient (Wildman–Crippen LogP) is 2.00. The molecule has 1 saturated carbocycles. The van der Waals surface area contributed by atoms with Crippen LogP contribution in [0.4, 0.5) is 19.2 Å². The largest absolute Gasteiger partial charge is 0.491 e. The first-order chi connectivity index (χ1) is 32.1. The highest BCUT2D eigenvalue weighted by molar-refractivity contribution is 5.81. The highest BCUT2D eigenvalue weighted by Gasteiger charge is 2.56. The molecule has 2 aliphatic heterocycles. The molecule has 0 aromatic rings. The molecule has 1 saturated heterocycles. The summed E-state index contributed by atoms with van der Waals surface area (Å²) in [7, 11) is 1.33. The minimum absolute atomic E-state index is 0.168. The molecule has 1 aliphatic carbocycles. The number of aliphatic hydroxyl groups excluding tert-OH is 3. The molecular formula is C47H85N7O16. The Bertz CT molecular complexity index is 1770. The average molecular weight is 1000 g/mol. The van der Waals surface area contributed by atoms with Crippen LogP contribution in [0.15, 0.2) is 11.8 Å². The molecule has 0 bridgehead atoms. The van der Waals surface area contributed by atoms with Gasteiger partial charge in [-0.1, -0.05) is 0 Å². The Labute approximate surface area is 412 Å². The van der Waals surface area contributed by atoms with E-state index in [0.29, 0.717) is 18.8 Å². The standard InChI is InChI=1S/C47H85N7O16/c1-43(2,3)67-39(59)50-22-19-30(55)37(58)51-29-23-28(53-41(61)69-45(7,8)9)31(34-27(52-40(60)68-44(4,5)6)18-17-26(65-34)24-49-21-16-15-20-48)32(56)35(29)66-38-33(57)36(47(13,63)25-64-38)54(14)42(62)70-46(10,11)12/h17,27-36,38,49,55-57,63H,15-16,18-25,48H2,1-14H3,(H,50,59)(H,51,58)(H,52,60)(H,53,61)/t27-,28+,29-,30+,31?,32+,33-,34+,35+,36-,38-,47+/m1/s1. The molecule has 3 rings (SSSR count). The summed E-state index contributed by atoms with van der Waals surface area (Å²) >= 11 is 0. The molecule has 2 heterocycles. The number of unbranched alkanes of at least 4 members (excludes halogenated alkanes) is 1. The fourth-order valence-corrected chi connectivity index (χ4v) is 8.33. The zero-order valence-electron chi connectivity index (χ0n) is 43.7. The van der Waals surface area contributed by atoms with E-state index in [1.54, 1.807) is 89.2 Å². The Morgan fingerprint density at radius 1 is 0.800 bits per heavy atom. The summed E-state index contributed by atoms with van der Waals surface area (Å²) in [5, 5.41) is 61.7. The fourth-order valence-electron chi connectivity index (χ4n) is 8.33. The number of carbonyl (C=O) groups excluding carboxylic acids is 5. The normalized spacial score (nSPS) is 29.0. The van der Waals surface area contributed by atoms with Crippen LogP contribution in [0.3, 0.4) is 0 Å². The van der Waals surface area contributed by atoms with Crippen LogP contribution in [0.25, 0.3) is 0 Å². The molecule has 404 valence electrons. The second-order valence-electron chi connectivity index (χ2n) is 22.5. The SMILES string of the molecule is CN(C(=O)OC(C)(C)C)[C@@H]1[C@@H](O)[C@@H](O[C@H]2[C@H](NC(=O)[C@@H](O)CCNC(=O)OC(C)(C)C)C[C@H](NC(=O)OC(C)(C)C)C([C@H]3OC(CNCCCCN)=CC[C@H]3NC(=O)OC(C)(C)C)[C@@H]2O)OC[C@]1(C)O. The van der Waals surface area contributed by atoms with E-state index >= 15 is 0 Å². The number of nitrogens with one attached hydrogen (secondary N) is 5. The number of likely N-dealkylation sites (N-methyl/N-ethyl adjacent to an activating group) is 1. The monoisotopic (exact) mass is 1000 g/mol. The quantitative estimate of drug-likeness (QED) is 0.0736. The van der Waals surface area contributed by atoms with Crippen molar-refractivity contribution in [2.45, 2.75) is 211 Å². The Hall–Kier alpha value is -4.23. The minimum atomic E-state index is -1.86. The smallest absolute Gasteiger partial charge is 0.410 e. The maximum absolute atomic E-state index is 13.9. The fraction of sp³-hybridized carbons (Fsp3) is 0.851. The second-order valence-corrected chi connectivity index (χ2v) is 22.5. The van der Waals surface area contributed by atoms with Gasteiger partial charge in [0.1, 0.15) is 58.2 Å². The summed E-state index contributed by atoms with van der Waals surface area (Å²) in [6, 6.07) is -4.73. The van der Waals surface area contributed by atoms with Gasteiger partial charge in [-0.15, -0.1) is 0 Å². The molecule has 0 radical (unpaired) electrons. The predicted molar refractivity (Wildman–Crippen MR) is 255 cm³/mol. The lowest BCUT2D eigenvalue weighted by Crippen LogP contribution is -2.71. The first-order valence-corrected chi connectivity index (χ1v) is 24.1. The third-order valence-corrected chi connectivity index (χ3v) is 11.2. The number of rotatable bonds is 17. The highest BCUT2D eigenvalue weighted by atomic mass is 16.7. The molecule has 70 heavy (non-hydrogen) atoms. The molecule has 11 N–H and O–H groups in total. The number of alkyl carbamates (subject to hydrolysis) is 3. The van der Waals surface area contributed by atoms with Gasteiger partial charge in [0.15, 0.2) is 6.29 Å². The van der Waals surface area contributed by atoms with Crippen molar-refractivity contribution in [1.82, 2.24) is 31.5 Å². The summed E-state index contributed by atoms with van der Waals surface area (Å²) in [5.41, 5.74) is 0.221. The molecule has 0 aromatic carbocycles. The van der Waals surface area contributed by atoms with Crippen LogP contribution in [0, 0.1) is 5.92 Å². The Balaban J connectivity index is 2.16. The third kappa shape index (κ3) is 19.4. The van der Waals surface area contributed by atoms with Crippen molar-refractivity contribution in [3.63, 3.8) is 0 Å². The van der Waals surface area contributed by atoms with Crippen LogP contribution < -0.4 is 32.3 Å². The molecule has 1 unspecified atom stereocenters. The maximum atomic E-state index is 13.9. The third-order valence-electron chi connectivity index (χ3n) is 11.2. The van der Waals surface area contributed by atoms with Crippen LogP contribution in [-0.4, -0.2) is 184 Å². The van der Waals surface area contributed by atoms with E-state index in [2.05, 4.69) is 26.6 Å². The van der Waals surface area contributed by atoms with Gasteiger partial charge in [0.25, 0.3) is 0 Å². The van der Waals surface area contributed by atoms with Gasteiger partial charge in [-0.05, 0) is 141 Å². The van der Waals surface area contributed by atoms with E-state index in [9.17, 15) is 44.4 Å². The lowest BCUT2D eigenvalue weighted by atomic mass is 9.72. The molecule has 0 spiro atoms. The van der Waals surface area contributed by atoms with E-state index in [-0.39, 0.29) is 32.4 Å². The molecule has 0 aromatic heterocycles. The Kier molecular flexibility index (Phi) is 21.4. The van der Waals surface area contributed by atoms with E-state index in [1.807, 2.05) is 0 Å². The van der Waals surface area contributed by atoms with Gasteiger partial charge in [0.05, 0.1) is 37.4 Å². The molecule has 3 aliphatic rings. The number of nitrogens with zero attached hydrogens (tertiary/aromatic N) is 1. The van der Waals surface area contributed by atoms with Gasteiger partial charge in [-0.3, -0.25) is 4.79 Å². The number of carbonyl (C=O) groups is 5. The summed E-state index contributed by atoms with van der Waals surface area (Å²) in [4.78, 5) is 67.7. The van der Waals surface area contributed by atoms with Crippen molar-refractivity contribution in [1.29, 1.82) is 0 Å². The summed E-state index contributed by atoms with van der Waals surface area (Å²) in [6.45, 7) is 22.2. The van der Waals surface area contributed by atoms with Crippen molar-refractivity contribution >= 4 is 30.3 Å². The number of nitrogens with two attached hydrogens (primary N) is 1. The summed E-state index contributed by atoms with van der Waals surface area (Å²) in [6.07, 6.45) is -9.99. The van der Waals surface area contributed by atoms with Gasteiger partial charge >= 0.3 is 24.4 Å². The van der Waals surface area contributed by atoms with Crippen LogP contribution in [0.5, 0.6) is 0 Å². The van der Waals surface area contributed by atoms with Crippen LogP contribution in [0.1, 0.15) is 122 Å². The van der Waals surface area contributed by atoms with Crippen molar-refractivity contribution in [2.24, 2.45) is 11.7 Å². The van der Waals surface area contributed by atoms with Gasteiger partial charge in [0.2, 0.25) is 5.91 Å². The van der Waals surface area contributed by atoms with Crippen molar-refractivity contribution in [3.8, 4) is 0 Å². The van der Waals surface area contributed by atoms with Crippen molar-refractivity contribution in [2.75, 3.05) is 39.8 Å². The molecule has 23 heteroatoms. The van der Waals surface area contributed by atoms with Crippen LogP contribution in [-0.2, 0) is 38.0 Å². The minimum Gasteiger partial charge on any atom is -0.491 e. The summed E-state index contributed by atoms with van der Waals surface area (Å²) < 4.78 is 41.2. The second kappa shape index (κ2) is 24.9.